The zero-order valence-corrected chi connectivity index (χ0v) is 12.8. The van der Waals surface area contributed by atoms with Gasteiger partial charge in [0, 0.05) is 18.6 Å². The first kappa shape index (κ1) is 15.8. The lowest BCUT2D eigenvalue weighted by atomic mass is 10.2. The smallest absolute Gasteiger partial charge is 0.237 e. The Kier molecular flexibility index (Phi) is 5.59. The quantitative estimate of drug-likeness (QED) is 0.858. The molecule has 2 N–H and O–H groups in total. The lowest BCUT2D eigenvalue weighted by molar-refractivity contribution is -0.127. The maximum atomic E-state index is 12.0. The normalized spacial score (nSPS) is 18.5. The summed E-state index contributed by atoms with van der Waals surface area (Å²) in [4.78, 5) is 25.6. The second-order valence-electron chi connectivity index (χ2n) is 5.15. The van der Waals surface area contributed by atoms with Crippen LogP contribution in [0.15, 0.2) is 24.3 Å². The van der Waals surface area contributed by atoms with Crippen LogP contribution in [-0.4, -0.2) is 42.9 Å². The fourth-order valence-corrected chi connectivity index (χ4v) is 2.78. The van der Waals surface area contributed by atoms with Crippen molar-refractivity contribution < 1.29 is 9.59 Å². The van der Waals surface area contributed by atoms with Crippen LogP contribution in [0.4, 0.5) is 0 Å². The Morgan fingerprint density at radius 2 is 2.24 bits per heavy atom. The standard InChI is InChI=1S/C15H20ClN3O2/c1-17-15(21)13-6-3-7-19(13)10-14(20)18-9-11-4-2-5-12(16)8-11/h2,4-5,8,13H,3,6-7,9-10H2,1H3,(H,17,21)(H,18,20)/t13-/m1/s1. The Morgan fingerprint density at radius 1 is 1.43 bits per heavy atom. The Morgan fingerprint density at radius 3 is 2.95 bits per heavy atom. The fourth-order valence-electron chi connectivity index (χ4n) is 2.57. The van der Waals surface area contributed by atoms with E-state index in [0.29, 0.717) is 11.6 Å². The SMILES string of the molecule is CNC(=O)[C@H]1CCCN1CC(=O)NCc1cccc(Cl)c1. The Hall–Kier alpha value is -1.59. The molecule has 0 aliphatic carbocycles. The molecule has 0 spiro atoms. The van der Waals surface area contributed by atoms with Crippen molar-refractivity contribution >= 4 is 23.4 Å². The van der Waals surface area contributed by atoms with E-state index in [0.717, 1.165) is 24.9 Å². The molecule has 0 aromatic heterocycles. The van der Waals surface area contributed by atoms with Crippen LogP contribution in [0.5, 0.6) is 0 Å². The minimum atomic E-state index is -0.188. The van der Waals surface area contributed by atoms with E-state index in [1.807, 2.05) is 23.1 Å². The van der Waals surface area contributed by atoms with Crippen LogP contribution in [0, 0.1) is 0 Å². The largest absolute Gasteiger partial charge is 0.358 e. The van der Waals surface area contributed by atoms with Gasteiger partial charge in [0.15, 0.2) is 0 Å². The molecular formula is C15H20ClN3O2. The Bertz CT molecular complexity index is 521. The monoisotopic (exact) mass is 309 g/mol. The lowest BCUT2D eigenvalue weighted by Gasteiger charge is -2.22. The maximum absolute atomic E-state index is 12.0. The fraction of sp³-hybridized carbons (Fsp3) is 0.467. The van der Waals surface area contributed by atoms with Crippen molar-refractivity contribution in [3.63, 3.8) is 0 Å². The van der Waals surface area contributed by atoms with Gasteiger partial charge in [0.05, 0.1) is 12.6 Å². The van der Waals surface area contributed by atoms with E-state index in [1.165, 1.54) is 0 Å². The van der Waals surface area contributed by atoms with Gasteiger partial charge in [-0.2, -0.15) is 0 Å². The summed E-state index contributed by atoms with van der Waals surface area (Å²) >= 11 is 5.90. The Balaban J connectivity index is 1.83. The summed E-state index contributed by atoms with van der Waals surface area (Å²) in [7, 11) is 1.62. The van der Waals surface area contributed by atoms with Crippen LogP contribution < -0.4 is 10.6 Å². The highest BCUT2D eigenvalue weighted by Crippen LogP contribution is 2.16. The molecule has 1 aromatic rings. The second kappa shape index (κ2) is 7.43. The third kappa shape index (κ3) is 4.44. The maximum Gasteiger partial charge on any atom is 0.237 e. The molecule has 1 aliphatic heterocycles. The number of carbonyl (C=O) groups excluding carboxylic acids is 2. The van der Waals surface area contributed by atoms with Crippen molar-refractivity contribution in [3.8, 4) is 0 Å². The number of nitrogens with one attached hydrogen (secondary N) is 2. The van der Waals surface area contributed by atoms with Gasteiger partial charge in [-0.25, -0.2) is 0 Å². The highest BCUT2D eigenvalue weighted by molar-refractivity contribution is 6.30. The molecule has 6 heteroatoms. The molecule has 1 aliphatic rings. The number of nitrogens with zero attached hydrogens (tertiary/aromatic N) is 1. The van der Waals surface area contributed by atoms with Crippen molar-refractivity contribution in [2.45, 2.75) is 25.4 Å². The summed E-state index contributed by atoms with van der Waals surface area (Å²) in [6, 6.07) is 7.20. The minimum absolute atomic E-state index is 0.0184. The van der Waals surface area contributed by atoms with Gasteiger partial charge in [0.1, 0.15) is 0 Å². The highest BCUT2D eigenvalue weighted by Gasteiger charge is 2.30. The molecule has 1 fully saturated rings. The number of halogens is 1. The van der Waals surface area contributed by atoms with E-state index in [-0.39, 0.29) is 24.4 Å². The number of carbonyl (C=O) groups is 2. The van der Waals surface area contributed by atoms with Gasteiger partial charge in [-0.05, 0) is 37.1 Å². The number of rotatable bonds is 5. The van der Waals surface area contributed by atoms with E-state index in [2.05, 4.69) is 10.6 Å². The van der Waals surface area contributed by atoms with Gasteiger partial charge in [0.25, 0.3) is 0 Å². The molecule has 0 unspecified atom stereocenters. The Labute approximate surface area is 129 Å². The molecule has 0 radical (unpaired) electrons. The van der Waals surface area contributed by atoms with E-state index in [9.17, 15) is 9.59 Å². The molecule has 1 heterocycles. The number of likely N-dealkylation sites (tertiary alicyclic amines) is 1. The first-order valence-corrected chi connectivity index (χ1v) is 7.44. The highest BCUT2D eigenvalue weighted by atomic mass is 35.5. The van der Waals surface area contributed by atoms with Gasteiger partial charge in [0.2, 0.25) is 11.8 Å². The molecule has 21 heavy (non-hydrogen) atoms. The van der Waals surface area contributed by atoms with Gasteiger partial charge in [-0.1, -0.05) is 23.7 Å². The second-order valence-corrected chi connectivity index (χ2v) is 5.59. The average Bonchev–Trinajstić information content (AvgIpc) is 2.92. The van der Waals surface area contributed by atoms with E-state index in [1.54, 1.807) is 13.1 Å². The molecule has 0 saturated carbocycles. The number of hydrogen-bond donors (Lipinski definition) is 2. The number of likely N-dealkylation sites (N-methyl/N-ethyl adjacent to an activating group) is 1. The summed E-state index contributed by atoms with van der Waals surface area (Å²) in [6.07, 6.45) is 1.75. The number of benzene rings is 1. The first-order valence-electron chi connectivity index (χ1n) is 7.07. The molecule has 1 saturated heterocycles. The molecule has 5 nitrogen and oxygen atoms in total. The molecule has 0 bridgehead atoms. The predicted molar refractivity (Wildman–Crippen MR) is 82.0 cm³/mol. The minimum Gasteiger partial charge on any atom is -0.358 e. The summed E-state index contributed by atoms with van der Waals surface area (Å²) in [6.45, 7) is 1.47. The molecule has 2 amide bonds. The van der Waals surface area contributed by atoms with Crippen molar-refractivity contribution in [1.82, 2.24) is 15.5 Å². The third-order valence-corrected chi connectivity index (χ3v) is 3.87. The van der Waals surface area contributed by atoms with Crippen LogP contribution in [-0.2, 0) is 16.1 Å². The average molecular weight is 310 g/mol. The van der Waals surface area contributed by atoms with Gasteiger partial charge >= 0.3 is 0 Å². The predicted octanol–water partition coefficient (Wildman–Crippen LogP) is 1.17. The topological polar surface area (TPSA) is 61.4 Å². The van der Waals surface area contributed by atoms with Crippen LogP contribution in [0.25, 0.3) is 0 Å². The lowest BCUT2D eigenvalue weighted by Crippen LogP contribution is -2.46. The third-order valence-electron chi connectivity index (χ3n) is 3.64. The van der Waals surface area contributed by atoms with Crippen molar-refractivity contribution in [2.24, 2.45) is 0 Å². The molecule has 1 aromatic carbocycles. The zero-order valence-electron chi connectivity index (χ0n) is 12.1. The molecule has 2 rings (SSSR count). The summed E-state index contributed by atoms with van der Waals surface area (Å²) in [5, 5.41) is 6.16. The zero-order chi connectivity index (χ0) is 15.2. The molecular weight excluding hydrogens is 290 g/mol. The van der Waals surface area contributed by atoms with E-state index >= 15 is 0 Å². The van der Waals surface area contributed by atoms with Crippen molar-refractivity contribution in [2.75, 3.05) is 20.1 Å². The molecule has 114 valence electrons. The van der Waals surface area contributed by atoms with Gasteiger partial charge in [-0.3, -0.25) is 14.5 Å². The van der Waals surface area contributed by atoms with E-state index < -0.39 is 0 Å². The number of hydrogen-bond acceptors (Lipinski definition) is 3. The van der Waals surface area contributed by atoms with Crippen LogP contribution in [0.1, 0.15) is 18.4 Å². The van der Waals surface area contributed by atoms with Gasteiger partial charge in [-0.15, -0.1) is 0 Å². The first-order chi connectivity index (χ1) is 10.1. The van der Waals surface area contributed by atoms with Crippen molar-refractivity contribution in [1.29, 1.82) is 0 Å². The summed E-state index contributed by atoms with van der Waals surface area (Å²) in [5.74, 6) is -0.0964. The number of amides is 2. The summed E-state index contributed by atoms with van der Waals surface area (Å²) in [5.41, 5.74) is 0.958. The van der Waals surface area contributed by atoms with Crippen LogP contribution >= 0.6 is 11.6 Å². The summed E-state index contributed by atoms with van der Waals surface area (Å²) < 4.78 is 0. The van der Waals surface area contributed by atoms with Crippen molar-refractivity contribution in [3.05, 3.63) is 34.9 Å². The van der Waals surface area contributed by atoms with Crippen LogP contribution in [0.2, 0.25) is 5.02 Å². The van der Waals surface area contributed by atoms with Crippen LogP contribution in [0.3, 0.4) is 0 Å². The van der Waals surface area contributed by atoms with Gasteiger partial charge < -0.3 is 10.6 Å². The van der Waals surface area contributed by atoms with E-state index in [4.69, 9.17) is 11.6 Å². The molecule has 1 atom stereocenters.